The molecule has 0 aliphatic rings. The number of aldehydes is 1. The molecule has 2 aromatic rings. The Kier molecular flexibility index (Phi) is 4.66. The predicted molar refractivity (Wildman–Crippen MR) is 79.5 cm³/mol. The molecule has 1 amide bonds. The van der Waals surface area contributed by atoms with Gasteiger partial charge < -0.3 is 10.1 Å². The van der Waals surface area contributed by atoms with Crippen LogP contribution in [0.1, 0.15) is 23.1 Å². The van der Waals surface area contributed by atoms with Crippen molar-refractivity contribution in [3.8, 4) is 5.75 Å². The fourth-order valence-electron chi connectivity index (χ4n) is 1.76. The molecule has 1 atom stereocenters. The number of anilines is 1. The van der Waals surface area contributed by atoms with Crippen LogP contribution < -0.4 is 10.1 Å². The van der Waals surface area contributed by atoms with Crippen LogP contribution in [0, 0.1) is 6.92 Å². The summed E-state index contributed by atoms with van der Waals surface area (Å²) in [7, 11) is 0. The number of aromatic nitrogens is 1. The van der Waals surface area contributed by atoms with Crippen molar-refractivity contribution < 1.29 is 14.3 Å². The smallest absolute Gasteiger partial charge is 0.265 e. The zero-order chi connectivity index (χ0) is 15.2. The molecule has 1 heterocycles. The van der Waals surface area contributed by atoms with Crippen LogP contribution in [-0.4, -0.2) is 23.3 Å². The van der Waals surface area contributed by atoms with Gasteiger partial charge in [-0.3, -0.25) is 9.59 Å². The summed E-state index contributed by atoms with van der Waals surface area (Å²) in [5.41, 5.74) is 1.59. The summed E-state index contributed by atoms with van der Waals surface area (Å²) >= 11 is 0. The van der Waals surface area contributed by atoms with Crippen molar-refractivity contribution in [1.82, 2.24) is 4.98 Å². The highest BCUT2D eigenvalue weighted by molar-refractivity contribution is 5.94. The molecule has 1 unspecified atom stereocenters. The highest BCUT2D eigenvalue weighted by atomic mass is 16.5. The van der Waals surface area contributed by atoms with Gasteiger partial charge in [-0.2, -0.15) is 0 Å². The molecule has 1 N–H and O–H groups in total. The average Bonchev–Trinajstić information content (AvgIpc) is 2.49. The number of para-hydroxylation sites is 1. The van der Waals surface area contributed by atoms with E-state index in [0.29, 0.717) is 23.4 Å². The SMILES string of the molecule is Cc1ccc(OC(C)C(=O)Nc2ccccc2)c(C=O)n1. The molecule has 0 fully saturated rings. The van der Waals surface area contributed by atoms with Crippen LogP contribution in [0.2, 0.25) is 0 Å². The Morgan fingerprint density at radius 2 is 1.95 bits per heavy atom. The number of carbonyl (C=O) groups is 2. The number of rotatable bonds is 5. The first-order valence-corrected chi connectivity index (χ1v) is 6.55. The molecule has 21 heavy (non-hydrogen) atoms. The third-order valence-electron chi connectivity index (χ3n) is 2.85. The summed E-state index contributed by atoms with van der Waals surface area (Å²) in [5.74, 6) is 0.00457. The number of hydrogen-bond acceptors (Lipinski definition) is 4. The molecule has 5 heteroatoms. The molecule has 0 spiro atoms. The van der Waals surface area contributed by atoms with Crippen molar-refractivity contribution in [3.63, 3.8) is 0 Å². The molecule has 0 aliphatic carbocycles. The zero-order valence-corrected chi connectivity index (χ0v) is 11.9. The first-order valence-electron chi connectivity index (χ1n) is 6.55. The monoisotopic (exact) mass is 284 g/mol. The second-order valence-corrected chi connectivity index (χ2v) is 4.57. The van der Waals surface area contributed by atoms with E-state index in [-0.39, 0.29) is 11.6 Å². The Morgan fingerprint density at radius 1 is 1.24 bits per heavy atom. The number of nitrogens with one attached hydrogen (secondary N) is 1. The van der Waals surface area contributed by atoms with Gasteiger partial charge in [-0.1, -0.05) is 18.2 Å². The Labute approximate surface area is 123 Å². The van der Waals surface area contributed by atoms with Crippen molar-refractivity contribution >= 4 is 17.9 Å². The Balaban J connectivity index is 2.05. The van der Waals surface area contributed by atoms with Crippen molar-refractivity contribution in [1.29, 1.82) is 0 Å². The number of nitrogens with zero attached hydrogens (tertiary/aromatic N) is 1. The van der Waals surface area contributed by atoms with E-state index >= 15 is 0 Å². The lowest BCUT2D eigenvalue weighted by Crippen LogP contribution is -2.30. The summed E-state index contributed by atoms with van der Waals surface area (Å²) < 4.78 is 5.52. The summed E-state index contributed by atoms with van der Waals surface area (Å²) in [6, 6.07) is 12.5. The van der Waals surface area contributed by atoms with Crippen LogP contribution in [0.5, 0.6) is 5.75 Å². The maximum absolute atomic E-state index is 12.0. The maximum Gasteiger partial charge on any atom is 0.265 e. The van der Waals surface area contributed by atoms with Gasteiger partial charge >= 0.3 is 0 Å². The first kappa shape index (κ1) is 14.7. The molecule has 1 aromatic carbocycles. The maximum atomic E-state index is 12.0. The summed E-state index contributed by atoms with van der Waals surface area (Å²) in [6.07, 6.45) is -0.127. The van der Waals surface area contributed by atoms with Crippen molar-refractivity contribution in [3.05, 3.63) is 53.9 Å². The van der Waals surface area contributed by atoms with Gasteiger partial charge in [-0.25, -0.2) is 4.98 Å². The Hall–Kier alpha value is -2.69. The number of ether oxygens (including phenoxy) is 1. The van der Waals surface area contributed by atoms with Crippen molar-refractivity contribution in [2.24, 2.45) is 0 Å². The molecule has 1 aromatic heterocycles. The van der Waals surface area contributed by atoms with E-state index in [9.17, 15) is 9.59 Å². The van der Waals surface area contributed by atoms with Crippen molar-refractivity contribution in [2.75, 3.05) is 5.32 Å². The van der Waals surface area contributed by atoms with E-state index in [0.717, 1.165) is 0 Å². The van der Waals surface area contributed by atoms with Crippen molar-refractivity contribution in [2.45, 2.75) is 20.0 Å². The molecule has 5 nitrogen and oxygen atoms in total. The molecular formula is C16H16N2O3. The zero-order valence-electron chi connectivity index (χ0n) is 11.9. The number of hydrogen-bond donors (Lipinski definition) is 1. The van der Waals surface area contributed by atoms with E-state index in [2.05, 4.69) is 10.3 Å². The summed E-state index contributed by atoms with van der Waals surface area (Å²) in [4.78, 5) is 27.1. The van der Waals surface area contributed by atoms with Gasteiger partial charge in [-0.05, 0) is 38.1 Å². The molecule has 0 aliphatic heterocycles. The minimum Gasteiger partial charge on any atom is -0.478 e. The lowest BCUT2D eigenvalue weighted by molar-refractivity contribution is -0.122. The lowest BCUT2D eigenvalue weighted by Gasteiger charge is -2.15. The van der Waals surface area contributed by atoms with Gasteiger partial charge in [0.25, 0.3) is 5.91 Å². The molecule has 0 bridgehead atoms. The Morgan fingerprint density at radius 3 is 2.62 bits per heavy atom. The minimum atomic E-state index is -0.742. The quantitative estimate of drug-likeness (QED) is 0.857. The van der Waals surface area contributed by atoms with Crippen LogP contribution in [0.3, 0.4) is 0 Å². The van der Waals surface area contributed by atoms with E-state index < -0.39 is 6.10 Å². The number of benzene rings is 1. The normalized spacial score (nSPS) is 11.5. The van der Waals surface area contributed by atoms with Gasteiger partial charge in [0, 0.05) is 11.4 Å². The van der Waals surface area contributed by atoms with E-state index in [1.807, 2.05) is 18.2 Å². The highest BCUT2D eigenvalue weighted by Gasteiger charge is 2.17. The second-order valence-electron chi connectivity index (χ2n) is 4.57. The van der Waals surface area contributed by atoms with Gasteiger partial charge in [0.05, 0.1) is 0 Å². The van der Waals surface area contributed by atoms with E-state index in [4.69, 9.17) is 4.74 Å². The lowest BCUT2D eigenvalue weighted by atomic mass is 10.2. The van der Waals surface area contributed by atoms with Crippen LogP contribution in [-0.2, 0) is 4.79 Å². The third kappa shape index (κ3) is 3.89. The van der Waals surface area contributed by atoms with Crippen LogP contribution in [0.15, 0.2) is 42.5 Å². The summed E-state index contributed by atoms with van der Waals surface area (Å²) in [5, 5.41) is 2.74. The van der Waals surface area contributed by atoms with Crippen LogP contribution in [0.25, 0.3) is 0 Å². The van der Waals surface area contributed by atoms with E-state index in [1.54, 1.807) is 38.1 Å². The third-order valence-corrected chi connectivity index (χ3v) is 2.85. The predicted octanol–water partition coefficient (Wildman–Crippen LogP) is 2.61. The largest absolute Gasteiger partial charge is 0.478 e. The average molecular weight is 284 g/mol. The second kappa shape index (κ2) is 6.65. The number of amides is 1. The van der Waals surface area contributed by atoms with Gasteiger partial charge in [0.15, 0.2) is 12.4 Å². The minimum absolute atomic E-state index is 0.189. The first-order chi connectivity index (χ1) is 10.1. The number of pyridine rings is 1. The number of aryl methyl sites for hydroxylation is 1. The van der Waals surface area contributed by atoms with Gasteiger partial charge in [-0.15, -0.1) is 0 Å². The number of carbonyl (C=O) groups excluding carboxylic acids is 2. The van der Waals surface area contributed by atoms with Crippen LogP contribution >= 0.6 is 0 Å². The highest BCUT2D eigenvalue weighted by Crippen LogP contribution is 2.17. The standard InChI is InChI=1S/C16H16N2O3/c1-11-8-9-15(14(10-19)17-11)21-12(2)16(20)18-13-6-4-3-5-7-13/h3-10,12H,1-2H3,(H,18,20). The topological polar surface area (TPSA) is 68.3 Å². The molecule has 0 saturated heterocycles. The molecule has 0 radical (unpaired) electrons. The summed E-state index contributed by atoms with van der Waals surface area (Å²) in [6.45, 7) is 3.40. The van der Waals surface area contributed by atoms with Gasteiger partial charge in [0.1, 0.15) is 11.4 Å². The van der Waals surface area contributed by atoms with Crippen LogP contribution in [0.4, 0.5) is 5.69 Å². The molecular weight excluding hydrogens is 268 g/mol. The Bertz CT molecular complexity index is 641. The van der Waals surface area contributed by atoms with Gasteiger partial charge in [0.2, 0.25) is 0 Å². The fourth-order valence-corrected chi connectivity index (χ4v) is 1.76. The fraction of sp³-hybridized carbons (Fsp3) is 0.188. The molecule has 2 rings (SSSR count). The molecule has 0 saturated carbocycles. The molecule has 108 valence electrons. The van der Waals surface area contributed by atoms with E-state index in [1.165, 1.54) is 0 Å².